The third kappa shape index (κ3) is 3.83. The van der Waals surface area contributed by atoms with Gasteiger partial charge in [0.05, 0.1) is 19.8 Å². The number of methoxy groups -OCH3 is 1. The molecule has 4 N–H and O–H groups in total. The van der Waals surface area contributed by atoms with Crippen molar-refractivity contribution in [2.45, 2.75) is 63.3 Å². The summed E-state index contributed by atoms with van der Waals surface area (Å²) in [6, 6.07) is 2.29. The topological polar surface area (TPSA) is 132 Å². The summed E-state index contributed by atoms with van der Waals surface area (Å²) in [7, 11) is -2.04. The predicted molar refractivity (Wildman–Crippen MR) is 124 cm³/mol. The van der Waals surface area contributed by atoms with E-state index in [9.17, 15) is 9.00 Å². The molecule has 0 spiro atoms. The highest BCUT2D eigenvalue weighted by Gasteiger charge is 2.37. The molecule has 2 aromatic rings. The summed E-state index contributed by atoms with van der Waals surface area (Å²) in [5.41, 5.74) is 5.34. The van der Waals surface area contributed by atoms with Gasteiger partial charge < -0.3 is 14.8 Å². The summed E-state index contributed by atoms with van der Waals surface area (Å²) in [4.78, 5) is 13.5. The number of aromatic nitrogens is 2. The molecule has 3 aliphatic rings. The Kier molecular flexibility index (Phi) is 5.30. The first-order valence-electron chi connectivity index (χ1n) is 11.4. The number of aryl methyl sites for hydroxylation is 2. The molecule has 1 aromatic heterocycles. The van der Waals surface area contributed by atoms with Crippen molar-refractivity contribution in [2.24, 2.45) is 10.6 Å². The van der Waals surface area contributed by atoms with Gasteiger partial charge in [0, 0.05) is 24.1 Å². The molecule has 1 aromatic carbocycles. The normalized spacial score (nSPS) is 22.1. The third-order valence-electron chi connectivity index (χ3n) is 6.86. The molecule has 0 radical (unpaired) electrons. The van der Waals surface area contributed by atoms with Crippen molar-refractivity contribution in [2.75, 3.05) is 25.6 Å². The second kappa shape index (κ2) is 7.82. The minimum absolute atomic E-state index is 0.101. The van der Waals surface area contributed by atoms with Crippen molar-refractivity contribution in [3.05, 3.63) is 34.0 Å². The van der Waals surface area contributed by atoms with E-state index in [0.29, 0.717) is 19.8 Å². The number of nitrogens with one attached hydrogen (secondary N) is 2. The Balaban J connectivity index is 1.59. The molecule has 5 rings (SSSR count). The maximum atomic E-state index is 13.6. The van der Waals surface area contributed by atoms with Crippen LogP contribution in [0, 0.1) is 10.2 Å². The fourth-order valence-electron chi connectivity index (χ4n) is 5.47. The van der Waals surface area contributed by atoms with Gasteiger partial charge in [0.25, 0.3) is 5.91 Å². The summed E-state index contributed by atoms with van der Waals surface area (Å²) in [6.07, 6.45) is 4.87. The number of benzene rings is 1. The van der Waals surface area contributed by atoms with Gasteiger partial charge in [-0.1, -0.05) is 19.9 Å². The first-order valence-corrected chi connectivity index (χ1v) is 13.0. The van der Waals surface area contributed by atoms with Crippen LogP contribution < -0.4 is 15.2 Å². The van der Waals surface area contributed by atoms with Crippen LogP contribution in [-0.4, -0.2) is 40.2 Å². The van der Waals surface area contributed by atoms with Crippen LogP contribution in [-0.2, 0) is 40.5 Å². The standard InChI is InChI=1S/C23H31N5O4S/c1-23(2)11-28-22(32-12-23)20(33(24,25)30)19(27-28)21(29)26-18-16-6-4-5-13(16)9-14-7-8-15(10-31-3)17(14)18/h9,15H,4-8,10-12H2,1-3H3,(H,26,29)(H3,24,25,30)/t15-/m1/s1. The van der Waals surface area contributed by atoms with Crippen LogP contribution in [0.1, 0.15) is 65.3 Å². The average Bonchev–Trinajstić information content (AvgIpc) is 3.43. The first kappa shape index (κ1) is 22.4. The number of hydrogen-bond acceptors (Lipinski definition) is 6. The van der Waals surface area contributed by atoms with Crippen LogP contribution in [0.25, 0.3) is 0 Å². The molecule has 1 aliphatic heterocycles. The van der Waals surface area contributed by atoms with Gasteiger partial charge in [0.15, 0.2) is 10.6 Å². The van der Waals surface area contributed by atoms with Crippen molar-refractivity contribution in [3.63, 3.8) is 0 Å². The van der Waals surface area contributed by atoms with Crippen LogP contribution in [0.15, 0.2) is 11.0 Å². The summed E-state index contributed by atoms with van der Waals surface area (Å²) in [5, 5.41) is 13.3. The summed E-state index contributed by atoms with van der Waals surface area (Å²) < 4.78 is 33.5. The highest BCUT2D eigenvalue weighted by atomic mass is 32.2. The molecule has 2 aliphatic carbocycles. The van der Waals surface area contributed by atoms with E-state index < -0.39 is 15.8 Å². The number of ether oxygens (including phenoxy) is 2. The zero-order valence-electron chi connectivity index (χ0n) is 19.3. The number of nitrogens with zero attached hydrogens (tertiary/aromatic N) is 2. The van der Waals surface area contributed by atoms with Crippen LogP contribution in [0.4, 0.5) is 5.69 Å². The molecule has 0 fully saturated rings. The highest BCUT2D eigenvalue weighted by molar-refractivity contribution is 7.90. The van der Waals surface area contributed by atoms with Crippen molar-refractivity contribution >= 4 is 21.5 Å². The van der Waals surface area contributed by atoms with E-state index >= 15 is 0 Å². The number of amides is 1. The second-order valence-electron chi connectivity index (χ2n) is 10.2. The molecular formula is C23H31N5O4S. The fourth-order valence-corrected chi connectivity index (χ4v) is 6.31. The molecular weight excluding hydrogens is 442 g/mol. The maximum Gasteiger partial charge on any atom is 0.277 e. The maximum absolute atomic E-state index is 13.6. The third-order valence-corrected chi connectivity index (χ3v) is 7.84. The molecule has 0 bridgehead atoms. The fraction of sp³-hybridized carbons (Fsp3) is 0.565. The summed E-state index contributed by atoms with van der Waals surface area (Å²) in [5.74, 6) is -0.146. The van der Waals surface area contributed by atoms with Gasteiger partial charge in [0.1, 0.15) is 9.92 Å². The van der Waals surface area contributed by atoms with E-state index in [1.165, 1.54) is 15.8 Å². The Morgan fingerprint density at radius 1 is 1.39 bits per heavy atom. The predicted octanol–water partition coefficient (Wildman–Crippen LogP) is 3.00. The van der Waals surface area contributed by atoms with E-state index in [-0.39, 0.29) is 27.8 Å². The number of carbonyl (C=O) groups is 1. The quantitative estimate of drug-likeness (QED) is 0.614. The molecule has 2 heterocycles. The van der Waals surface area contributed by atoms with E-state index in [1.807, 2.05) is 13.8 Å². The van der Waals surface area contributed by atoms with Crippen LogP contribution in [0.5, 0.6) is 5.88 Å². The van der Waals surface area contributed by atoms with Crippen LogP contribution in [0.2, 0.25) is 0 Å². The lowest BCUT2D eigenvalue weighted by atomic mass is 9.94. The number of nitrogens with two attached hydrogens (primary N) is 1. The molecule has 10 heteroatoms. The van der Waals surface area contributed by atoms with Gasteiger partial charge in [-0.05, 0) is 54.4 Å². The van der Waals surface area contributed by atoms with Crippen molar-refractivity contribution < 1.29 is 18.5 Å². The van der Waals surface area contributed by atoms with E-state index in [0.717, 1.165) is 48.9 Å². The lowest BCUT2D eigenvalue weighted by Crippen LogP contribution is -2.33. The molecule has 0 saturated heterocycles. The van der Waals surface area contributed by atoms with Gasteiger partial charge in [-0.3, -0.25) is 4.79 Å². The number of anilines is 1. The molecule has 9 nitrogen and oxygen atoms in total. The monoisotopic (exact) mass is 473 g/mol. The first-order chi connectivity index (χ1) is 15.6. The largest absolute Gasteiger partial charge is 0.476 e. The Morgan fingerprint density at radius 3 is 2.91 bits per heavy atom. The van der Waals surface area contributed by atoms with E-state index in [4.69, 9.17) is 19.4 Å². The lowest BCUT2D eigenvalue weighted by molar-refractivity contribution is 0.0967. The van der Waals surface area contributed by atoms with Crippen LogP contribution >= 0.6 is 0 Å². The molecule has 2 atom stereocenters. The van der Waals surface area contributed by atoms with Gasteiger partial charge in [-0.15, -0.1) is 0 Å². The molecule has 0 saturated carbocycles. The molecule has 33 heavy (non-hydrogen) atoms. The van der Waals surface area contributed by atoms with Crippen LogP contribution in [0.3, 0.4) is 0 Å². The summed E-state index contributed by atoms with van der Waals surface area (Å²) >= 11 is 0. The minimum atomic E-state index is -3.74. The van der Waals surface area contributed by atoms with Gasteiger partial charge in [-0.2, -0.15) is 5.10 Å². The number of carbonyl (C=O) groups excluding carboxylic acids is 1. The SMILES string of the molecule is COC[C@H]1CCc2cc3c(c(NC(=O)c4nn5c(c4S(=N)(N)=O)OCC(C)(C)C5)c21)CCC3. The van der Waals surface area contributed by atoms with Crippen molar-refractivity contribution in [1.82, 2.24) is 9.78 Å². The molecule has 178 valence electrons. The number of hydrogen-bond donors (Lipinski definition) is 3. The Morgan fingerprint density at radius 2 is 2.18 bits per heavy atom. The zero-order valence-corrected chi connectivity index (χ0v) is 20.1. The lowest BCUT2D eigenvalue weighted by Gasteiger charge is -2.30. The molecule has 1 unspecified atom stereocenters. The number of fused-ring (bicyclic) bond motifs is 3. The summed E-state index contributed by atoms with van der Waals surface area (Å²) in [6.45, 7) is 5.46. The Labute approximate surface area is 194 Å². The minimum Gasteiger partial charge on any atom is -0.476 e. The zero-order chi connectivity index (χ0) is 23.5. The van der Waals surface area contributed by atoms with Crippen molar-refractivity contribution in [3.8, 4) is 5.88 Å². The van der Waals surface area contributed by atoms with Gasteiger partial charge in [-0.25, -0.2) is 18.8 Å². The van der Waals surface area contributed by atoms with Crippen molar-refractivity contribution in [1.29, 1.82) is 4.78 Å². The van der Waals surface area contributed by atoms with E-state index in [2.05, 4.69) is 16.5 Å². The second-order valence-corrected chi connectivity index (χ2v) is 11.8. The number of rotatable bonds is 5. The Hall–Kier alpha value is -2.43. The van der Waals surface area contributed by atoms with Gasteiger partial charge in [0.2, 0.25) is 5.88 Å². The average molecular weight is 474 g/mol. The smallest absolute Gasteiger partial charge is 0.277 e. The highest BCUT2D eigenvalue weighted by Crippen LogP contribution is 2.44. The Bertz CT molecular complexity index is 1250. The van der Waals surface area contributed by atoms with E-state index in [1.54, 1.807) is 7.11 Å². The van der Waals surface area contributed by atoms with Gasteiger partial charge >= 0.3 is 0 Å². The molecule has 1 amide bonds.